The average Bonchev–Trinajstić information content (AvgIpc) is 2.75. The topological polar surface area (TPSA) is 61.6 Å². The number of carbonyl (C=O) groups is 1. The maximum absolute atomic E-state index is 12.2. The third-order valence-corrected chi connectivity index (χ3v) is 4.44. The van der Waals surface area contributed by atoms with Crippen molar-refractivity contribution in [3.05, 3.63) is 53.6 Å². The Bertz CT molecular complexity index is 829. The van der Waals surface area contributed by atoms with Crippen molar-refractivity contribution in [2.45, 2.75) is 32.7 Å². The van der Waals surface area contributed by atoms with Gasteiger partial charge in [0.05, 0.1) is 0 Å². The van der Waals surface area contributed by atoms with E-state index in [0.29, 0.717) is 6.42 Å². The predicted octanol–water partition coefficient (Wildman–Crippen LogP) is 4.97. The zero-order valence-electron chi connectivity index (χ0n) is 14.3. The van der Waals surface area contributed by atoms with Gasteiger partial charge in [-0.2, -0.15) is 0 Å². The van der Waals surface area contributed by atoms with Crippen LogP contribution in [0.15, 0.2) is 42.5 Å². The number of halogens is 3. The molecule has 3 rings (SSSR count). The number of carbonyl (C=O) groups excluding carboxylic acids is 1. The van der Waals surface area contributed by atoms with Crippen LogP contribution in [0.25, 0.3) is 11.1 Å². The van der Waals surface area contributed by atoms with Crippen molar-refractivity contribution >= 4 is 6.09 Å². The number of rotatable bonds is 3. The van der Waals surface area contributed by atoms with Crippen LogP contribution in [-0.4, -0.2) is 12.5 Å². The van der Waals surface area contributed by atoms with E-state index in [4.69, 9.17) is 10.5 Å². The minimum Gasteiger partial charge on any atom is -0.441 e. The van der Waals surface area contributed by atoms with E-state index in [-0.39, 0.29) is 11.2 Å². The molecule has 7 heteroatoms. The molecule has 26 heavy (non-hydrogen) atoms. The van der Waals surface area contributed by atoms with Crippen LogP contribution in [0.2, 0.25) is 0 Å². The number of hydrogen-bond donors (Lipinski definition) is 1. The summed E-state index contributed by atoms with van der Waals surface area (Å²) in [5, 5.41) is 0. The fourth-order valence-corrected chi connectivity index (χ4v) is 3.39. The standard InChI is InChI=1S/C19H18F3NO3/c1-18(2)10-13-9-12(5-8-15(13)16(18)25-17(23)24)11-3-6-14(7-4-11)26-19(20,21)22/h3-9,16H,10H2,1-2H3,(H2,23,24). The first-order valence-corrected chi connectivity index (χ1v) is 8.00. The van der Waals surface area contributed by atoms with Crippen LogP contribution < -0.4 is 10.5 Å². The van der Waals surface area contributed by atoms with E-state index >= 15 is 0 Å². The second-order valence-corrected chi connectivity index (χ2v) is 6.97. The van der Waals surface area contributed by atoms with E-state index < -0.39 is 18.6 Å². The van der Waals surface area contributed by atoms with Gasteiger partial charge in [0.1, 0.15) is 11.9 Å². The van der Waals surface area contributed by atoms with Crippen LogP contribution in [0, 0.1) is 5.41 Å². The van der Waals surface area contributed by atoms with Crippen LogP contribution in [0.4, 0.5) is 18.0 Å². The number of fused-ring (bicyclic) bond motifs is 1. The molecule has 1 atom stereocenters. The third-order valence-electron chi connectivity index (χ3n) is 4.44. The average molecular weight is 365 g/mol. The first kappa shape index (κ1) is 18.1. The first-order chi connectivity index (χ1) is 12.0. The molecule has 138 valence electrons. The minimum absolute atomic E-state index is 0.265. The lowest BCUT2D eigenvalue weighted by Crippen LogP contribution is -2.25. The van der Waals surface area contributed by atoms with Gasteiger partial charge >= 0.3 is 12.5 Å². The summed E-state index contributed by atoms with van der Waals surface area (Å²) in [5.74, 6) is -0.265. The van der Waals surface area contributed by atoms with E-state index in [1.54, 1.807) is 12.1 Å². The van der Waals surface area contributed by atoms with Gasteiger partial charge < -0.3 is 15.2 Å². The lowest BCUT2D eigenvalue weighted by atomic mass is 9.87. The van der Waals surface area contributed by atoms with Gasteiger partial charge in [-0.15, -0.1) is 13.2 Å². The summed E-state index contributed by atoms with van der Waals surface area (Å²) in [6.07, 6.45) is -5.26. The van der Waals surface area contributed by atoms with Crippen molar-refractivity contribution in [1.82, 2.24) is 0 Å². The Hall–Kier alpha value is -2.70. The number of primary amides is 1. The molecule has 1 aliphatic rings. The highest BCUT2D eigenvalue weighted by atomic mass is 19.4. The van der Waals surface area contributed by atoms with Gasteiger partial charge in [-0.1, -0.05) is 44.2 Å². The Labute approximate surface area is 148 Å². The van der Waals surface area contributed by atoms with Crippen LogP contribution >= 0.6 is 0 Å². The van der Waals surface area contributed by atoms with Crippen LogP contribution in [0.3, 0.4) is 0 Å². The molecule has 0 fully saturated rings. The molecule has 0 spiro atoms. The Morgan fingerprint density at radius 1 is 1.12 bits per heavy atom. The molecule has 1 amide bonds. The largest absolute Gasteiger partial charge is 0.573 e. The number of amides is 1. The van der Waals surface area contributed by atoms with Gasteiger partial charge in [-0.25, -0.2) is 4.79 Å². The Morgan fingerprint density at radius 3 is 2.31 bits per heavy atom. The summed E-state index contributed by atoms with van der Waals surface area (Å²) in [5.41, 5.74) is 8.43. The van der Waals surface area contributed by atoms with E-state index in [0.717, 1.165) is 22.3 Å². The molecular formula is C19H18F3NO3. The molecule has 0 heterocycles. The van der Waals surface area contributed by atoms with Crippen molar-refractivity contribution in [3.8, 4) is 16.9 Å². The molecular weight excluding hydrogens is 347 g/mol. The summed E-state index contributed by atoms with van der Waals surface area (Å²) in [4.78, 5) is 11.2. The number of alkyl halides is 3. The number of hydrogen-bond acceptors (Lipinski definition) is 3. The van der Waals surface area contributed by atoms with Crippen LogP contribution in [0.1, 0.15) is 31.1 Å². The predicted molar refractivity (Wildman–Crippen MR) is 89.5 cm³/mol. The molecule has 0 radical (unpaired) electrons. The van der Waals surface area contributed by atoms with E-state index in [1.807, 2.05) is 32.0 Å². The molecule has 1 aliphatic carbocycles. The molecule has 2 N–H and O–H groups in total. The summed E-state index contributed by atoms with van der Waals surface area (Å²) in [7, 11) is 0. The Morgan fingerprint density at radius 2 is 1.73 bits per heavy atom. The zero-order valence-corrected chi connectivity index (χ0v) is 14.3. The quantitative estimate of drug-likeness (QED) is 0.835. The second-order valence-electron chi connectivity index (χ2n) is 6.97. The smallest absolute Gasteiger partial charge is 0.441 e. The molecule has 0 bridgehead atoms. The van der Waals surface area contributed by atoms with Gasteiger partial charge in [0, 0.05) is 5.41 Å². The lowest BCUT2D eigenvalue weighted by molar-refractivity contribution is -0.274. The normalized spacial score (nSPS) is 18.3. The van der Waals surface area contributed by atoms with Gasteiger partial charge in [0.15, 0.2) is 0 Å². The monoisotopic (exact) mass is 365 g/mol. The lowest BCUT2D eigenvalue weighted by Gasteiger charge is -2.26. The molecule has 0 saturated heterocycles. The van der Waals surface area contributed by atoms with Crippen molar-refractivity contribution in [2.24, 2.45) is 11.1 Å². The molecule has 2 aromatic carbocycles. The molecule has 1 unspecified atom stereocenters. The van der Waals surface area contributed by atoms with Gasteiger partial charge in [0.25, 0.3) is 0 Å². The van der Waals surface area contributed by atoms with Gasteiger partial charge in [-0.3, -0.25) is 0 Å². The Balaban J connectivity index is 1.87. The van der Waals surface area contributed by atoms with E-state index in [1.165, 1.54) is 12.1 Å². The zero-order chi connectivity index (χ0) is 19.1. The highest BCUT2D eigenvalue weighted by Crippen LogP contribution is 2.48. The minimum atomic E-state index is -4.71. The van der Waals surface area contributed by atoms with Crippen molar-refractivity contribution in [3.63, 3.8) is 0 Å². The summed E-state index contributed by atoms with van der Waals surface area (Å²) in [6.45, 7) is 3.98. The number of benzene rings is 2. The molecule has 2 aromatic rings. The molecule has 4 nitrogen and oxygen atoms in total. The fraction of sp³-hybridized carbons (Fsp3) is 0.316. The van der Waals surface area contributed by atoms with Gasteiger partial charge in [-0.05, 0) is 40.8 Å². The molecule has 0 aromatic heterocycles. The highest BCUT2D eigenvalue weighted by molar-refractivity contribution is 5.68. The highest BCUT2D eigenvalue weighted by Gasteiger charge is 2.41. The number of nitrogens with two attached hydrogens (primary N) is 1. The fourth-order valence-electron chi connectivity index (χ4n) is 3.39. The molecule has 0 aliphatic heterocycles. The van der Waals surface area contributed by atoms with Crippen molar-refractivity contribution < 1.29 is 27.4 Å². The SMILES string of the molecule is CC1(C)Cc2cc(-c3ccc(OC(F)(F)F)cc3)ccc2C1OC(N)=O. The second kappa shape index (κ2) is 6.23. The Kier molecular flexibility index (Phi) is 4.34. The van der Waals surface area contributed by atoms with Crippen LogP contribution in [0.5, 0.6) is 5.75 Å². The van der Waals surface area contributed by atoms with E-state index in [2.05, 4.69) is 4.74 Å². The summed E-state index contributed by atoms with van der Waals surface area (Å²) in [6, 6.07) is 11.4. The number of ether oxygens (including phenoxy) is 2. The molecule has 0 saturated carbocycles. The van der Waals surface area contributed by atoms with Gasteiger partial charge in [0.2, 0.25) is 0 Å². The third kappa shape index (κ3) is 3.76. The van der Waals surface area contributed by atoms with Crippen LogP contribution in [-0.2, 0) is 11.2 Å². The summed E-state index contributed by atoms with van der Waals surface area (Å²) < 4.78 is 45.9. The van der Waals surface area contributed by atoms with Crippen molar-refractivity contribution in [1.29, 1.82) is 0 Å². The maximum atomic E-state index is 12.2. The van der Waals surface area contributed by atoms with E-state index in [9.17, 15) is 18.0 Å². The summed E-state index contributed by atoms with van der Waals surface area (Å²) >= 11 is 0. The first-order valence-electron chi connectivity index (χ1n) is 8.00. The maximum Gasteiger partial charge on any atom is 0.573 e. The van der Waals surface area contributed by atoms with Crippen molar-refractivity contribution in [2.75, 3.05) is 0 Å².